The second-order valence-corrected chi connectivity index (χ2v) is 6.13. The van der Waals surface area contributed by atoms with Gasteiger partial charge in [0.25, 0.3) is 5.91 Å². The first kappa shape index (κ1) is 17.7. The topological polar surface area (TPSA) is 77.2 Å². The molecule has 0 aliphatic heterocycles. The van der Waals surface area contributed by atoms with Gasteiger partial charge in [-0.25, -0.2) is 0 Å². The highest BCUT2D eigenvalue weighted by Gasteiger charge is 2.14. The van der Waals surface area contributed by atoms with E-state index >= 15 is 0 Å². The molecule has 1 aromatic heterocycles. The summed E-state index contributed by atoms with van der Waals surface area (Å²) in [7, 11) is 0. The van der Waals surface area contributed by atoms with Crippen molar-refractivity contribution < 1.29 is 14.1 Å². The van der Waals surface area contributed by atoms with E-state index in [1.165, 1.54) is 0 Å². The van der Waals surface area contributed by atoms with E-state index in [9.17, 15) is 4.79 Å². The second-order valence-electron chi connectivity index (χ2n) is 6.13. The molecule has 6 nitrogen and oxygen atoms in total. The van der Waals surface area contributed by atoms with E-state index in [0.29, 0.717) is 35.6 Å². The largest absolute Gasteiger partial charge is 0.488 e. The zero-order valence-electron chi connectivity index (χ0n) is 14.3. The Labute approximate surface area is 141 Å². The van der Waals surface area contributed by atoms with Crippen LogP contribution in [0.25, 0.3) is 0 Å². The van der Waals surface area contributed by atoms with Crippen molar-refractivity contribution in [1.29, 1.82) is 0 Å². The van der Waals surface area contributed by atoms with Crippen LogP contribution in [0.15, 0.2) is 40.9 Å². The fraction of sp³-hybridized carbons (Fsp3) is 0.389. The monoisotopic (exact) mass is 329 g/mol. The molecule has 0 fully saturated rings. The third kappa shape index (κ3) is 5.22. The first-order chi connectivity index (χ1) is 11.5. The highest BCUT2D eigenvalue weighted by atomic mass is 16.5. The van der Waals surface area contributed by atoms with Crippen LogP contribution in [0.3, 0.4) is 0 Å². The van der Waals surface area contributed by atoms with Gasteiger partial charge in [-0.3, -0.25) is 4.79 Å². The highest BCUT2D eigenvalue weighted by molar-refractivity contribution is 5.96. The van der Waals surface area contributed by atoms with E-state index in [0.717, 1.165) is 12.0 Å². The summed E-state index contributed by atoms with van der Waals surface area (Å²) >= 11 is 0. The van der Waals surface area contributed by atoms with Crippen molar-refractivity contribution in [2.75, 3.05) is 6.61 Å². The molecule has 2 aromatic rings. The average Bonchev–Trinajstić information content (AvgIpc) is 2.97. The van der Waals surface area contributed by atoms with Gasteiger partial charge in [0, 0.05) is 6.42 Å². The molecule has 0 unspecified atom stereocenters. The molecular formula is C18H23N3O3. The van der Waals surface area contributed by atoms with Crippen LogP contribution in [0.5, 0.6) is 5.75 Å². The van der Waals surface area contributed by atoms with Crippen molar-refractivity contribution in [1.82, 2.24) is 15.5 Å². The molecular weight excluding hydrogens is 306 g/mol. The normalized spacial score (nSPS) is 10.7. The van der Waals surface area contributed by atoms with Gasteiger partial charge in [-0.2, -0.15) is 4.98 Å². The summed E-state index contributed by atoms with van der Waals surface area (Å²) in [5.74, 6) is 1.75. The fourth-order valence-electron chi connectivity index (χ4n) is 2.04. The lowest BCUT2D eigenvalue weighted by Crippen LogP contribution is -2.23. The van der Waals surface area contributed by atoms with Gasteiger partial charge in [0.2, 0.25) is 5.89 Å². The molecule has 1 heterocycles. The minimum atomic E-state index is -0.254. The zero-order valence-corrected chi connectivity index (χ0v) is 14.3. The van der Waals surface area contributed by atoms with Gasteiger partial charge >= 0.3 is 0 Å². The number of amides is 1. The summed E-state index contributed by atoms with van der Waals surface area (Å²) in [6.07, 6.45) is 0.745. The number of benzene rings is 1. The first-order valence-corrected chi connectivity index (χ1v) is 7.91. The van der Waals surface area contributed by atoms with Gasteiger partial charge in [-0.15, -0.1) is 0 Å². The SMILES string of the molecule is C=C(C)COc1ccccc1C(=O)NCc1nc(CC(C)C)no1. The van der Waals surface area contributed by atoms with Crippen LogP contribution in [0, 0.1) is 5.92 Å². The number of nitrogens with zero attached hydrogens (tertiary/aromatic N) is 2. The van der Waals surface area contributed by atoms with Gasteiger partial charge in [-0.05, 0) is 30.5 Å². The Morgan fingerprint density at radius 2 is 2.12 bits per heavy atom. The molecule has 24 heavy (non-hydrogen) atoms. The molecule has 2 rings (SSSR count). The van der Waals surface area contributed by atoms with Gasteiger partial charge in [0.1, 0.15) is 12.4 Å². The average molecular weight is 329 g/mol. The summed E-state index contributed by atoms with van der Waals surface area (Å²) in [6, 6.07) is 7.07. The Morgan fingerprint density at radius 3 is 2.83 bits per heavy atom. The quantitative estimate of drug-likeness (QED) is 0.753. The Hall–Kier alpha value is -2.63. The lowest BCUT2D eigenvalue weighted by atomic mass is 10.1. The number of hydrogen-bond donors (Lipinski definition) is 1. The van der Waals surface area contributed by atoms with Crippen LogP contribution in [0.1, 0.15) is 42.8 Å². The van der Waals surface area contributed by atoms with Gasteiger partial charge in [0.05, 0.1) is 12.1 Å². The van der Waals surface area contributed by atoms with Crippen molar-refractivity contribution >= 4 is 5.91 Å². The van der Waals surface area contributed by atoms with E-state index in [1.807, 2.05) is 13.0 Å². The molecule has 6 heteroatoms. The van der Waals surface area contributed by atoms with Crippen LogP contribution in [0.2, 0.25) is 0 Å². The molecule has 0 atom stereocenters. The first-order valence-electron chi connectivity index (χ1n) is 7.91. The predicted molar refractivity (Wildman–Crippen MR) is 90.8 cm³/mol. The number of carbonyl (C=O) groups excluding carboxylic acids is 1. The molecule has 0 saturated carbocycles. The lowest BCUT2D eigenvalue weighted by molar-refractivity contribution is 0.0942. The maximum Gasteiger partial charge on any atom is 0.255 e. The fourth-order valence-corrected chi connectivity index (χ4v) is 2.04. The van der Waals surface area contributed by atoms with Crippen molar-refractivity contribution in [3.63, 3.8) is 0 Å². The molecule has 128 valence electrons. The van der Waals surface area contributed by atoms with Crippen LogP contribution >= 0.6 is 0 Å². The third-order valence-electron chi connectivity index (χ3n) is 3.11. The van der Waals surface area contributed by atoms with E-state index in [1.54, 1.807) is 18.2 Å². The summed E-state index contributed by atoms with van der Waals surface area (Å²) in [6.45, 7) is 10.4. The molecule has 1 N–H and O–H groups in total. The Balaban J connectivity index is 1.97. The van der Waals surface area contributed by atoms with E-state index in [-0.39, 0.29) is 12.5 Å². The maximum atomic E-state index is 12.4. The predicted octanol–water partition coefficient (Wildman–Crippen LogP) is 3.15. The van der Waals surface area contributed by atoms with Crippen LogP contribution in [0.4, 0.5) is 0 Å². The Morgan fingerprint density at radius 1 is 1.38 bits per heavy atom. The minimum Gasteiger partial charge on any atom is -0.488 e. The number of para-hydroxylation sites is 1. The highest BCUT2D eigenvalue weighted by Crippen LogP contribution is 2.18. The summed E-state index contributed by atoms with van der Waals surface area (Å²) < 4.78 is 10.8. The van der Waals surface area contributed by atoms with Crippen molar-refractivity contribution in [2.45, 2.75) is 33.7 Å². The standard InChI is InChI=1S/C18H23N3O3/c1-12(2)9-16-20-17(24-21-16)10-19-18(22)14-7-5-6-8-15(14)23-11-13(3)4/h5-8,12H,3,9-11H2,1-2,4H3,(H,19,22). The molecule has 0 aliphatic rings. The third-order valence-corrected chi connectivity index (χ3v) is 3.11. The maximum absolute atomic E-state index is 12.4. The molecule has 0 aliphatic carbocycles. The van der Waals surface area contributed by atoms with E-state index < -0.39 is 0 Å². The molecule has 0 spiro atoms. The van der Waals surface area contributed by atoms with Crippen LogP contribution in [-0.2, 0) is 13.0 Å². The molecule has 0 saturated heterocycles. The number of ether oxygens (including phenoxy) is 1. The number of hydrogen-bond acceptors (Lipinski definition) is 5. The lowest BCUT2D eigenvalue weighted by Gasteiger charge is -2.10. The van der Waals surface area contributed by atoms with Crippen molar-refractivity contribution in [2.24, 2.45) is 5.92 Å². The van der Waals surface area contributed by atoms with Crippen LogP contribution in [-0.4, -0.2) is 22.7 Å². The van der Waals surface area contributed by atoms with E-state index in [2.05, 4.69) is 35.9 Å². The summed E-state index contributed by atoms with van der Waals surface area (Å²) in [4.78, 5) is 16.6. The number of aromatic nitrogens is 2. The smallest absolute Gasteiger partial charge is 0.255 e. The molecule has 0 radical (unpaired) electrons. The second kappa shape index (κ2) is 8.29. The summed E-state index contributed by atoms with van der Waals surface area (Å²) in [5.41, 5.74) is 1.34. The van der Waals surface area contributed by atoms with E-state index in [4.69, 9.17) is 9.26 Å². The van der Waals surface area contributed by atoms with Crippen molar-refractivity contribution in [3.8, 4) is 5.75 Å². The van der Waals surface area contributed by atoms with Gasteiger partial charge in [0.15, 0.2) is 5.82 Å². The van der Waals surface area contributed by atoms with Gasteiger partial charge < -0.3 is 14.6 Å². The number of carbonyl (C=O) groups is 1. The number of nitrogens with one attached hydrogen (secondary N) is 1. The number of rotatable bonds is 8. The van der Waals surface area contributed by atoms with Crippen LogP contribution < -0.4 is 10.1 Å². The summed E-state index contributed by atoms with van der Waals surface area (Å²) in [5, 5.41) is 6.67. The Kier molecular flexibility index (Phi) is 6.12. The minimum absolute atomic E-state index is 0.179. The molecule has 0 bridgehead atoms. The van der Waals surface area contributed by atoms with Crippen molar-refractivity contribution in [3.05, 3.63) is 53.7 Å². The van der Waals surface area contributed by atoms with Gasteiger partial charge in [-0.1, -0.05) is 37.7 Å². The zero-order chi connectivity index (χ0) is 17.5. The molecule has 1 amide bonds. The Bertz CT molecular complexity index is 707. The molecule has 1 aromatic carbocycles.